The predicted octanol–water partition coefficient (Wildman–Crippen LogP) is 4.00. The first-order chi connectivity index (χ1) is 13.0. The van der Waals surface area contributed by atoms with Crippen molar-refractivity contribution in [1.29, 1.82) is 0 Å². The van der Waals surface area contributed by atoms with Crippen molar-refractivity contribution < 1.29 is 4.52 Å². The Balaban J connectivity index is 1.75. The van der Waals surface area contributed by atoms with Crippen LogP contribution < -0.4 is 0 Å². The number of hydrogen-bond acceptors (Lipinski definition) is 5. The quantitative estimate of drug-likeness (QED) is 0.462. The number of benzene rings is 1. The molecule has 0 unspecified atom stereocenters. The van der Waals surface area contributed by atoms with Crippen molar-refractivity contribution in [1.82, 2.24) is 29.5 Å². The summed E-state index contributed by atoms with van der Waals surface area (Å²) in [6.45, 7) is 4.06. The lowest BCUT2D eigenvalue weighted by molar-refractivity contribution is 0.418. The minimum atomic E-state index is 0.191. The van der Waals surface area contributed by atoms with Gasteiger partial charge in [0.15, 0.2) is 11.5 Å². The highest BCUT2D eigenvalue weighted by atomic mass is 35.5. The molecule has 1 aromatic carbocycles. The molecular formula is C19H17ClN6O. The van der Waals surface area contributed by atoms with Crippen molar-refractivity contribution in [2.24, 2.45) is 7.05 Å². The van der Waals surface area contributed by atoms with Crippen molar-refractivity contribution in [2.45, 2.75) is 26.2 Å². The molecule has 4 aromatic rings. The molecule has 0 fully saturated rings. The third-order valence-electron chi connectivity index (χ3n) is 4.76. The molecule has 8 heteroatoms. The standard InChI is InChI=1S/C19H17ClN6O/c1-10(2)18-22-19(27-24-18)17-15-6-11-8-25(3)23-16(11)13-7-12(20)4-5-14(13)26(15)9-21-17/h4-5,7-10H,6H2,1-3H3. The van der Waals surface area contributed by atoms with E-state index < -0.39 is 0 Å². The van der Waals surface area contributed by atoms with Crippen molar-refractivity contribution >= 4 is 11.6 Å². The molecule has 0 amide bonds. The maximum atomic E-state index is 6.27. The first-order valence-corrected chi connectivity index (χ1v) is 9.12. The van der Waals surface area contributed by atoms with Crippen LogP contribution in [0.2, 0.25) is 5.02 Å². The number of hydrogen-bond donors (Lipinski definition) is 0. The van der Waals surface area contributed by atoms with Gasteiger partial charge in [-0.2, -0.15) is 10.1 Å². The van der Waals surface area contributed by atoms with Crippen molar-refractivity contribution in [3.63, 3.8) is 0 Å². The summed E-state index contributed by atoms with van der Waals surface area (Å²) < 4.78 is 9.38. The molecule has 0 radical (unpaired) electrons. The normalized spacial score (nSPS) is 12.6. The lowest BCUT2D eigenvalue weighted by atomic mass is 10.0. The fourth-order valence-electron chi connectivity index (χ4n) is 3.48. The van der Waals surface area contributed by atoms with E-state index >= 15 is 0 Å². The summed E-state index contributed by atoms with van der Waals surface area (Å²) in [5.74, 6) is 1.31. The molecule has 136 valence electrons. The van der Waals surface area contributed by atoms with Gasteiger partial charge in [0, 0.05) is 41.7 Å². The Morgan fingerprint density at radius 2 is 2.07 bits per heavy atom. The summed E-state index contributed by atoms with van der Waals surface area (Å²) in [6.07, 6.45) is 4.48. The van der Waals surface area contributed by atoms with Gasteiger partial charge in [-0.15, -0.1) is 0 Å². The first-order valence-electron chi connectivity index (χ1n) is 8.74. The van der Waals surface area contributed by atoms with Gasteiger partial charge >= 0.3 is 0 Å². The van der Waals surface area contributed by atoms with Gasteiger partial charge in [-0.05, 0) is 18.2 Å². The average molecular weight is 381 g/mol. The van der Waals surface area contributed by atoms with Gasteiger partial charge in [0.2, 0.25) is 0 Å². The van der Waals surface area contributed by atoms with Crippen LogP contribution in [0.3, 0.4) is 0 Å². The van der Waals surface area contributed by atoms with E-state index in [2.05, 4.69) is 24.8 Å². The third kappa shape index (κ3) is 2.49. The molecule has 27 heavy (non-hydrogen) atoms. The topological polar surface area (TPSA) is 74.6 Å². The number of imidazole rings is 1. The van der Waals surface area contributed by atoms with Gasteiger partial charge in [-0.3, -0.25) is 4.68 Å². The van der Waals surface area contributed by atoms with Gasteiger partial charge in [0.1, 0.15) is 6.33 Å². The molecule has 0 bridgehead atoms. The molecule has 3 aromatic heterocycles. The first kappa shape index (κ1) is 16.3. The van der Waals surface area contributed by atoms with E-state index in [-0.39, 0.29) is 5.92 Å². The number of aryl methyl sites for hydroxylation is 1. The summed E-state index contributed by atoms with van der Waals surface area (Å²) in [4.78, 5) is 9.12. The summed E-state index contributed by atoms with van der Waals surface area (Å²) in [5, 5.41) is 9.41. The third-order valence-corrected chi connectivity index (χ3v) is 5.00. The molecule has 0 saturated heterocycles. The molecule has 0 spiro atoms. The van der Waals surface area contributed by atoms with Crippen LogP contribution in [0, 0.1) is 0 Å². The maximum Gasteiger partial charge on any atom is 0.278 e. The maximum absolute atomic E-state index is 6.27. The van der Waals surface area contributed by atoms with Gasteiger partial charge in [-0.25, -0.2) is 4.98 Å². The second kappa shape index (κ2) is 5.79. The van der Waals surface area contributed by atoms with Crippen LogP contribution in [0.5, 0.6) is 0 Å². The molecule has 7 nitrogen and oxygen atoms in total. The van der Waals surface area contributed by atoms with Crippen molar-refractivity contribution in [3.05, 3.63) is 52.8 Å². The van der Waals surface area contributed by atoms with Gasteiger partial charge in [0.25, 0.3) is 5.89 Å². The molecule has 5 rings (SSSR count). The minimum absolute atomic E-state index is 0.191. The molecule has 0 N–H and O–H groups in total. The summed E-state index contributed by atoms with van der Waals surface area (Å²) >= 11 is 6.27. The Labute approximate surface area is 160 Å². The molecule has 1 aliphatic heterocycles. The molecular weight excluding hydrogens is 364 g/mol. The molecule has 0 atom stereocenters. The number of rotatable bonds is 2. The monoisotopic (exact) mass is 380 g/mol. The van der Waals surface area contributed by atoms with E-state index in [1.165, 1.54) is 0 Å². The average Bonchev–Trinajstić information content (AvgIpc) is 3.32. The lowest BCUT2D eigenvalue weighted by Crippen LogP contribution is -2.00. The van der Waals surface area contributed by atoms with Crippen LogP contribution in [-0.4, -0.2) is 29.5 Å². The number of aromatic nitrogens is 6. The summed E-state index contributed by atoms with van der Waals surface area (Å²) in [7, 11) is 1.92. The zero-order valence-electron chi connectivity index (χ0n) is 15.1. The smallest absolute Gasteiger partial charge is 0.278 e. The molecule has 0 aliphatic carbocycles. The van der Waals surface area contributed by atoms with E-state index in [4.69, 9.17) is 16.1 Å². The Hall–Kier alpha value is -2.93. The Morgan fingerprint density at radius 3 is 2.85 bits per heavy atom. The fraction of sp³-hybridized carbons (Fsp3) is 0.263. The summed E-state index contributed by atoms with van der Waals surface area (Å²) in [6, 6.07) is 5.81. The van der Waals surface area contributed by atoms with Gasteiger partial charge in [0.05, 0.1) is 17.1 Å². The number of halogens is 1. The highest BCUT2D eigenvalue weighted by Crippen LogP contribution is 2.38. The van der Waals surface area contributed by atoms with E-state index in [1.807, 2.05) is 50.0 Å². The lowest BCUT2D eigenvalue weighted by Gasteiger charge is -2.09. The zero-order chi connectivity index (χ0) is 18.7. The predicted molar refractivity (Wildman–Crippen MR) is 101 cm³/mol. The van der Waals surface area contributed by atoms with Crippen LogP contribution in [-0.2, 0) is 13.5 Å². The van der Waals surface area contributed by atoms with E-state index in [9.17, 15) is 0 Å². The fourth-order valence-corrected chi connectivity index (χ4v) is 3.65. The zero-order valence-corrected chi connectivity index (χ0v) is 15.9. The van der Waals surface area contributed by atoms with Gasteiger partial charge in [-0.1, -0.05) is 30.6 Å². The summed E-state index contributed by atoms with van der Waals surface area (Å²) in [5.41, 5.74) is 5.68. The second-order valence-electron chi connectivity index (χ2n) is 7.04. The number of fused-ring (bicyclic) bond motifs is 5. The second-order valence-corrected chi connectivity index (χ2v) is 7.47. The largest absolute Gasteiger partial charge is 0.332 e. The van der Waals surface area contributed by atoms with Crippen molar-refractivity contribution in [2.75, 3.05) is 0 Å². The molecule has 1 aliphatic rings. The number of nitrogens with zero attached hydrogens (tertiary/aromatic N) is 6. The molecule has 0 saturated carbocycles. The van der Waals surface area contributed by atoms with Crippen LogP contribution in [0.4, 0.5) is 0 Å². The molecule has 4 heterocycles. The highest BCUT2D eigenvalue weighted by molar-refractivity contribution is 6.31. The van der Waals surface area contributed by atoms with Gasteiger partial charge < -0.3 is 9.09 Å². The van der Waals surface area contributed by atoms with Crippen LogP contribution in [0.25, 0.3) is 28.5 Å². The van der Waals surface area contributed by atoms with E-state index in [0.717, 1.165) is 28.2 Å². The Morgan fingerprint density at radius 1 is 1.22 bits per heavy atom. The van der Waals surface area contributed by atoms with Crippen molar-refractivity contribution in [3.8, 4) is 28.5 Å². The van der Waals surface area contributed by atoms with E-state index in [0.29, 0.717) is 28.9 Å². The Bertz CT molecular complexity index is 1170. The SMILES string of the molecule is CC(C)c1noc(-c2ncn3c2Cc2cn(C)nc2-c2cc(Cl)ccc2-3)n1. The minimum Gasteiger partial charge on any atom is -0.332 e. The Kier molecular flexibility index (Phi) is 3.48. The van der Waals surface area contributed by atoms with Crippen LogP contribution in [0.1, 0.15) is 36.8 Å². The van der Waals surface area contributed by atoms with Crippen LogP contribution >= 0.6 is 11.6 Å². The van der Waals surface area contributed by atoms with E-state index in [1.54, 1.807) is 6.33 Å². The van der Waals surface area contributed by atoms with Crippen LogP contribution in [0.15, 0.2) is 35.2 Å². The highest BCUT2D eigenvalue weighted by Gasteiger charge is 2.27.